The normalized spacial score (nSPS) is 13.1. The number of aromatic hydroxyl groups is 1. The number of alkyl halides is 2. The van der Waals surface area contributed by atoms with Crippen LogP contribution in [0.25, 0.3) is 0 Å². The Kier molecular flexibility index (Phi) is 6.10. The predicted molar refractivity (Wildman–Crippen MR) is 67.0 cm³/mol. The molecule has 0 bridgehead atoms. The van der Waals surface area contributed by atoms with Crippen LogP contribution in [0.3, 0.4) is 0 Å². The van der Waals surface area contributed by atoms with E-state index in [1.165, 1.54) is 12.1 Å². The second kappa shape index (κ2) is 6.15. The summed E-state index contributed by atoms with van der Waals surface area (Å²) in [6.07, 6.45) is 0. The SMILES string of the molecule is Cl.N[C@@H](c1ccc(Cl)c(Br)c1O)C(F)(F)CO. The lowest BCUT2D eigenvalue weighted by Gasteiger charge is -2.22. The molecule has 0 aliphatic rings. The van der Waals surface area contributed by atoms with Crippen molar-refractivity contribution in [3.8, 4) is 5.75 Å². The Balaban J connectivity index is 0.00000256. The van der Waals surface area contributed by atoms with Crippen molar-refractivity contribution in [2.45, 2.75) is 12.0 Å². The number of aliphatic hydroxyl groups is 1. The van der Waals surface area contributed by atoms with Gasteiger partial charge in [0.15, 0.2) is 0 Å². The molecule has 0 heterocycles. The molecule has 0 aliphatic heterocycles. The van der Waals surface area contributed by atoms with Gasteiger partial charge in [0.25, 0.3) is 5.92 Å². The first-order chi connectivity index (χ1) is 7.31. The van der Waals surface area contributed by atoms with Crippen molar-refractivity contribution >= 4 is 39.9 Å². The minimum atomic E-state index is -3.51. The van der Waals surface area contributed by atoms with Gasteiger partial charge in [-0.1, -0.05) is 17.7 Å². The summed E-state index contributed by atoms with van der Waals surface area (Å²) in [5.41, 5.74) is 5.08. The number of rotatable bonds is 3. The highest BCUT2D eigenvalue weighted by atomic mass is 79.9. The summed E-state index contributed by atoms with van der Waals surface area (Å²) >= 11 is 8.60. The predicted octanol–water partition coefficient (Wildman–Crippen LogP) is 2.86. The van der Waals surface area contributed by atoms with Gasteiger partial charge in [-0.2, -0.15) is 0 Å². The molecule has 8 heteroatoms. The Morgan fingerprint density at radius 1 is 1.47 bits per heavy atom. The zero-order valence-corrected chi connectivity index (χ0v) is 11.5. The van der Waals surface area contributed by atoms with E-state index in [0.717, 1.165) is 0 Å². The fourth-order valence-corrected chi connectivity index (χ4v) is 1.65. The molecule has 0 spiro atoms. The van der Waals surface area contributed by atoms with Crippen LogP contribution >= 0.6 is 39.9 Å². The number of phenols is 1. The van der Waals surface area contributed by atoms with Gasteiger partial charge in [-0.3, -0.25) is 0 Å². The Labute approximate surface area is 116 Å². The maximum absolute atomic E-state index is 13.1. The highest BCUT2D eigenvalue weighted by Gasteiger charge is 2.39. The van der Waals surface area contributed by atoms with Crippen molar-refractivity contribution in [2.24, 2.45) is 5.73 Å². The Morgan fingerprint density at radius 2 is 2.00 bits per heavy atom. The highest BCUT2D eigenvalue weighted by molar-refractivity contribution is 9.10. The monoisotopic (exact) mass is 351 g/mol. The molecular formula is C9H10BrCl2F2NO2. The van der Waals surface area contributed by atoms with Crippen LogP contribution in [-0.4, -0.2) is 22.7 Å². The lowest BCUT2D eigenvalue weighted by atomic mass is 10.0. The van der Waals surface area contributed by atoms with Crippen LogP contribution in [0.15, 0.2) is 16.6 Å². The Bertz CT molecular complexity index is 407. The van der Waals surface area contributed by atoms with Crippen molar-refractivity contribution in [1.82, 2.24) is 0 Å². The van der Waals surface area contributed by atoms with Crippen LogP contribution < -0.4 is 5.73 Å². The number of halogens is 5. The minimum Gasteiger partial charge on any atom is -0.506 e. The van der Waals surface area contributed by atoms with Crippen molar-refractivity contribution in [1.29, 1.82) is 0 Å². The van der Waals surface area contributed by atoms with E-state index in [4.69, 9.17) is 22.4 Å². The van der Waals surface area contributed by atoms with E-state index in [-0.39, 0.29) is 27.5 Å². The number of hydrogen-bond donors (Lipinski definition) is 3. The molecule has 0 fully saturated rings. The maximum Gasteiger partial charge on any atom is 0.289 e. The van der Waals surface area contributed by atoms with E-state index >= 15 is 0 Å². The van der Waals surface area contributed by atoms with Crippen LogP contribution in [0.4, 0.5) is 8.78 Å². The van der Waals surface area contributed by atoms with Crippen molar-refractivity contribution in [3.05, 3.63) is 27.2 Å². The quantitative estimate of drug-likeness (QED) is 0.783. The molecule has 1 aromatic rings. The van der Waals surface area contributed by atoms with Gasteiger partial charge in [0.05, 0.1) is 9.50 Å². The van der Waals surface area contributed by atoms with Crippen molar-refractivity contribution < 1.29 is 19.0 Å². The molecule has 1 atom stereocenters. The fraction of sp³-hybridized carbons (Fsp3) is 0.333. The topological polar surface area (TPSA) is 66.5 Å². The van der Waals surface area contributed by atoms with Crippen LogP contribution in [-0.2, 0) is 0 Å². The summed E-state index contributed by atoms with van der Waals surface area (Å²) in [4.78, 5) is 0. The molecular weight excluding hydrogens is 343 g/mol. The van der Waals surface area contributed by atoms with Gasteiger partial charge in [-0.25, -0.2) is 8.78 Å². The molecule has 0 aromatic heterocycles. The zero-order valence-electron chi connectivity index (χ0n) is 8.33. The minimum absolute atomic E-state index is 0. The molecule has 0 aliphatic carbocycles. The molecule has 0 saturated carbocycles. The second-order valence-electron chi connectivity index (χ2n) is 3.20. The first kappa shape index (κ1) is 16.9. The summed E-state index contributed by atoms with van der Waals surface area (Å²) in [6.45, 7) is -1.39. The molecule has 98 valence electrons. The molecule has 0 radical (unpaired) electrons. The standard InChI is InChI=1S/C9H9BrClF2NO2.ClH/c10-6-5(11)2-1-4(7(6)16)8(14)9(12,13)3-15;/h1-2,8,15-16H,3,14H2;1H/t8-;/m0./s1. The number of nitrogens with two attached hydrogens (primary N) is 1. The largest absolute Gasteiger partial charge is 0.506 e. The van der Waals surface area contributed by atoms with E-state index in [9.17, 15) is 13.9 Å². The Hall–Kier alpha value is -0.140. The summed E-state index contributed by atoms with van der Waals surface area (Å²) in [5.74, 6) is -3.96. The third-order valence-electron chi connectivity index (χ3n) is 2.10. The van der Waals surface area contributed by atoms with Gasteiger partial charge >= 0.3 is 0 Å². The molecule has 17 heavy (non-hydrogen) atoms. The summed E-state index contributed by atoms with van der Waals surface area (Å²) in [5, 5.41) is 18.3. The van der Waals surface area contributed by atoms with Gasteiger partial charge in [0.2, 0.25) is 0 Å². The number of hydrogen-bond acceptors (Lipinski definition) is 3. The van der Waals surface area contributed by atoms with Gasteiger partial charge < -0.3 is 15.9 Å². The lowest BCUT2D eigenvalue weighted by molar-refractivity contribution is -0.0716. The van der Waals surface area contributed by atoms with Crippen LogP contribution in [0.2, 0.25) is 5.02 Å². The summed E-state index contributed by atoms with van der Waals surface area (Å²) in [7, 11) is 0. The Morgan fingerprint density at radius 3 is 2.47 bits per heavy atom. The van der Waals surface area contributed by atoms with Crippen LogP contribution in [0.1, 0.15) is 11.6 Å². The van der Waals surface area contributed by atoms with Crippen LogP contribution in [0, 0.1) is 0 Å². The van der Waals surface area contributed by atoms with Crippen LogP contribution in [0.5, 0.6) is 5.75 Å². The third kappa shape index (κ3) is 3.42. The molecule has 4 N–H and O–H groups in total. The van der Waals surface area contributed by atoms with E-state index in [0.29, 0.717) is 0 Å². The summed E-state index contributed by atoms with van der Waals surface area (Å²) in [6, 6.07) is 0.719. The van der Waals surface area contributed by atoms with Gasteiger partial charge in [-0.15, -0.1) is 12.4 Å². The van der Waals surface area contributed by atoms with Gasteiger partial charge in [0.1, 0.15) is 18.4 Å². The number of phenolic OH excluding ortho intramolecular Hbond substituents is 1. The second-order valence-corrected chi connectivity index (χ2v) is 4.40. The molecule has 1 aromatic carbocycles. The first-order valence-corrected chi connectivity index (χ1v) is 5.39. The van der Waals surface area contributed by atoms with E-state index in [1.807, 2.05) is 0 Å². The average molecular weight is 353 g/mol. The molecule has 3 nitrogen and oxygen atoms in total. The van der Waals surface area contributed by atoms with Gasteiger partial charge in [0, 0.05) is 5.56 Å². The van der Waals surface area contributed by atoms with E-state index < -0.39 is 24.3 Å². The highest BCUT2D eigenvalue weighted by Crippen LogP contribution is 2.40. The molecule has 0 amide bonds. The van der Waals surface area contributed by atoms with Crippen molar-refractivity contribution in [2.75, 3.05) is 6.61 Å². The fourth-order valence-electron chi connectivity index (χ4n) is 1.13. The smallest absolute Gasteiger partial charge is 0.289 e. The zero-order chi connectivity index (χ0) is 12.5. The third-order valence-corrected chi connectivity index (χ3v) is 3.45. The average Bonchev–Trinajstić information content (AvgIpc) is 2.25. The molecule has 1 rings (SSSR count). The van der Waals surface area contributed by atoms with Gasteiger partial charge in [-0.05, 0) is 22.0 Å². The lowest BCUT2D eigenvalue weighted by Crippen LogP contribution is -2.36. The molecule has 0 unspecified atom stereocenters. The maximum atomic E-state index is 13.1. The molecule has 0 saturated heterocycles. The first-order valence-electron chi connectivity index (χ1n) is 4.22. The van der Waals surface area contributed by atoms with E-state index in [1.54, 1.807) is 0 Å². The number of aliphatic hydroxyl groups excluding tert-OH is 1. The summed E-state index contributed by atoms with van der Waals surface area (Å²) < 4.78 is 26.3. The van der Waals surface area contributed by atoms with E-state index in [2.05, 4.69) is 15.9 Å². The number of benzene rings is 1. The van der Waals surface area contributed by atoms with Crippen molar-refractivity contribution in [3.63, 3.8) is 0 Å².